The summed E-state index contributed by atoms with van der Waals surface area (Å²) in [6.45, 7) is 5.78. The molecule has 0 spiro atoms. The summed E-state index contributed by atoms with van der Waals surface area (Å²) in [4.78, 5) is 0. The first-order valence-electron chi connectivity index (χ1n) is 6.18. The van der Waals surface area contributed by atoms with Gasteiger partial charge in [-0.15, -0.1) is 0 Å². The Morgan fingerprint density at radius 3 is 2.05 bits per heavy atom. The lowest BCUT2D eigenvalue weighted by molar-refractivity contribution is -0.136. The van der Waals surface area contributed by atoms with Gasteiger partial charge in [-0.25, -0.2) is 0 Å². The van der Waals surface area contributed by atoms with Gasteiger partial charge in [0.25, 0.3) is 0 Å². The predicted octanol–water partition coefficient (Wildman–Crippen LogP) is 4.21. The normalized spacial score (nSPS) is 14.3. The van der Waals surface area contributed by atoms with Gasteiger partial charge in [-0.2, -0.15) is 13.2 Å². The van der Waals surface area contributed by atoms with Crippen molar-refractivity contribution in [2.45, 2.75) is 51.4 Å². The first kappa shape index (κ1) is 15.8. The zero-order valence-electron chi connectivity index (χ0n) is 11.4. The Morgan fingerprint density at radius 2 is 1.63 bits per heavy atom. The minimum absolute atomic E-state index is 0.108. The van der Waals surface area contributed by atoms with Crippen LogP contribution in [0.15, 0.2) is 24.3 Å². The van der Waals surface area contributed by atoms with Crippen LogP contribution in [0.4, 0.5) is 13.2 Å². The number of hydrogen-bond acceptors (Lipinski definition) is 2. The van der Waals surface area contributed by atoms with E-state index in [0.29, 0.717) is 11.3 Å². The highest BCUT2D eigenvalue weighted by Gasteiger charge is 2.27. The first-order valence-corrected chi connectivity index (χ1v) is 6.18. The fourth-order valence-corrected chi connectivity index (χ4v) is 1.62. The van der Waals surface area contributed by atoms with E-state index < -0.39 is 18.6 Å². The molecule has 2 N–H and O–H groups in total. The molecule has 0 saturated carbocycles. The Morgan fingerprint density at radius 1 is 1.11 bits per heavy atom. The third-order valence-corrected chi connectivity index (χ3v) is 2.47. The number of hydrogen-bond donors (Lipinski definition) is 1. The minimum atomic E-state index is -4.16. The molecular weight excluding hydrogens is 255 g/mol. The maximum atomic E-state index is 12.1. The van der Waals surface area contributed by atoms with E-state index >= 15 is 0 Å². The van der Waals surface area contributed by atoms with Crippen molar-refractivity contribution in [3.8, 4) is 5.75 Å². The van der Waals surface area contributed by atoms with E-state index in [1.165, 1.54) is 0 Å². The highest BCUT2D eigenvalue weighted by Crippen LogP contribution is 2.27. The largest absolute Gasteiger partial charge is 0.488 e. The van der Waals surface area contributed by atoms with Crippen LogP contribution in [-0.2, 0) is 0 Å². The van der Waals surface area contributed by atoms with Gasteiger partial charge >= 0.3 is 6.18 Å². The fraction of sp³-hybridized carbons (Fsp3) is 0.571. The molecule has 1 atom stereocenters. The van der Waals surface area contributed by atoms with E-state index in [1.807, 2.05) is 20.8 Å². The lowest BCUT2D eigenvalue weighted by Gasteiger charge is -2.21. The molecule has 0 aliphatic carbocycles. The number of rotatable bonds is 4. The molecule has 1 rings (SSSR count). The molecule has 0 amide bonds. The Labute approximate surface area is 111 Å². The summed E-state index contributed by atoms with van der Waals surface area (Å²) >= 11 is 0. The molecule has 1 aromatic carbocycles. The zero-order valence-corrected chi connectivity index (χ0v) is 11.4. The molecule has 0 aliphatic heterocycles. The Balaban J connectivity index is 2.60. The maximum Gasteiger partial charge on any atom is 0.389 e. The van der Waals surface area contributed by atoms with Gasteiger partial charge in [0, 0.05) is 12.5 Å². The van der Waals surface area contributed by atoms with Crippen LogP contribution in [0.5, 0.6) is 5.75 Å². The molecule has 5 heteroatoms. The number of alkyl halides is 3. The van der Waals surface area contributed by atoms with Gasteiger partial charge in [-0.3, -0.25) is 0 Å². The molecule has 0 bridgehead atoms. The molecule has 0 fully saturated rings. The highest BCUT2D eigenvalue weighted by molar-refractivity contribution is 5.29. The highest BCUT2D eigenvalue weighted by atomic mass is 19.4. The Hall–Kier alpha value is -1.23. The van der Waals surface area contributed by atoms with Crippen molar-refractivity contribution in [3.63, 3.8) is 0 Å². The number of benzene rings is 1. The molecule has 0 radical (unpaired) electrons. The van der Waals surface area contributed by atoms with Crippen LogP contribution < -0.4 is 10.5 Å². The van der Waals surface area contributed by atoms with Crippen molar-refractivity contribution in [1.82, 2.24) is 0 Å². The van der Waals surface area contributed by atoms with E-state index in [1.54, 1.807) is 24.3 Å². The van der Waals surface area contributed by atoms with Gasteiger partial charge in [0.2, 0.25) is 0 Å². The smallest absolute Gasteiger partial charge is 0.389 e. The summed E-state index contributed by atoms with van der Waals surface area (Å²) in [7, 11) is 0. The molecule has 108 valence electrons. The van der Waals surface area contributed by atoms with Gasteiger partial charge in [-0.1, -0.05) is 12.1 Å². The van der Waals surface area contributed by atoms with Crippen LogP contribution in [0.25, 0.3) is 0 Å². The number of halogens is 3. The summed E-state index contributed by atoms with van der Waals surface area (Å²) in [5.41, 5.74) is 6.12. The van der Waals surface area contributed by atoms with Gasteiger partial charge < -0.3 is 10.5 Å². The fourth-order valence-electron chi connectivity index (χ4n) is 1.62. The molecular formula is C14H20F3NO. The Kier molecular flexibility index (Phi) is 4.85. The van der Waals surface area contributed by atoms with Crippen molar-refractivity contribution < 1.29 is 17.9 Å². The standard InChI is InChI=1S/C14H20F3NO/c1-13(2,3)19-11-6-4-10(5-7-11)12(18)8-9-14(15,16)17/h4-7,12H,8-9,18H2,1-3H3/t12-/m0/s1. The van der Waals surface area contributed by atoms with Crippen LogP contribution in [0.3, 0.4) is 0 Å². The molecule has 0 aromatic heterocycles. The average Bonchev–Trinajstić information content (AvgIpc) is 2.23. The summed E-state index contributed by atoms with van der Waals surface area (Å²) in [5, 5.41) is 0. The predicted molar refractivity (Wildman–Crippen MR) is 69.0 cm³/mol. The average molecular weight is 275 g/mol. The second-order valence-electron chi connectivity index (χ2n) is 5.54. The van der Waals surface area contributed by atoms with E-state index in [0.717, 1.165) is 0 Å². The maximum absolute atomic E-state index is 12.1. The molecule has 0 aliphatic rings. The summed E-state index contributed by atoms with van der Waals surface area (Å²) in [5.74, 6) is 0.680. The lowest BCUT2D eigenvalue weighted by atomic mass is 10.0. The first-order chi connectivity index (χ1) is 8.57. The second-order valence-corrected chi connectivity index (χ2v) is 5.54. The van der Waals surface area contributed by atoms with E-state index in [9.17, 15) is 13.2 Å². The summed E-state index contributed by atoms with van der Waals surface area (Å²) in [6, 6.07) is 6.28. The Bertz CT molecular complexity index is 393. The van der Waals surface area contributed by atoms with Gasteiger partial charge in [0.1, 0.15) is 11.4 Å². The van der Waals surface area contributed by atoms with Crippen LogP contribution in [0.2, 0.25) is 0 Å². The van der Waals surface area contributed by atoms with E-state index in [-0.39, 0.29) is 12.0 Å². The van der Waals surface area contributed by atoms with Crippen molar-refractivity contribution in [1.29, 1.82) is 0 Å². The quantitative estimate of drug-likeness (QED) is 0.893. The number of nitrogens with two attached hydrogens (primary N) is 1. The number of ether oxygens (including phenoxy) is 1. The van der Waals surface area contributed by atoms with E-state index in [4.69, 9.17) is 10.5 Å². The van der Waals surface area contributed by atoms with Crippen molar-refractivity contribution in [2.75, 3.05) is 0 Å². The molecule has 19 heavy (non-hydrogen) atoms. The van der Waals surface area contributed by atoms with Crippen molar-refractivity contribution in [3.05, 3.63) is 29.8 Å². The molecule has 0 unspecified atom stereocenters. The van der Waals surface area contributed by atoms with Crippen LogP contribution in [0.1, 0.15) is 45.2 Å². The third-order valence-electron chi connectivity index (χ3n) is 2.47. The lowest BCUT2D eigenvalue weighted by Crippen LogP contribution is -2.23. The minimum Gasteiger partial charge on any atom is -0.488 e. The van der Waals surface area contributed by atoms with E-state index in [2.05, 4.69) is 0 Å². The van der Waals surface area contributed by atoms with Gasteiger partial charge in [-0.05, 0) is 44.9 Å². The molecule has 0 heterocycles. The zero-order chi connectivity index (χ0) is 14.7. The van der Waals surface area contributed by atoms with Gasteiger partial charge in [0.15, 0.2) is 0 Å². The second kappa shape index (κ2) is 5.82. The third kappa shape index (κ3) is 6.47. The van der Waals surface area contributed by atoms with Gasteiger partial charge in [0.05, 0.1) is 0 Å². The SMILES string of the molecule is CC(C)(C)Oc1ccc([C@@H](N)CCC(F)(F)F)cc1. The monoisotopic (exact) mass is 275 g/mol. The van der Waals surface area contributed by atoms with Crippen molar-refractivity contribution >= 4 is 0 Å². The molecule has 1 aromatic rings. The van der Waals surface area contributed by atoms with Crippen LogP contribution in [0, 0.1) is 0 Å². The van der Waals surface area contributed by atoms with Crippen molar-refractivity contribution in [2.24, 2.45) is 5.73 Å². The van der Waals surface area contributed by atoms with Crippen LogP contribution >= 0.6 is 0 Å². The van der Waals surface area contributed by atoms with Crippen LogP contribution in [-0.4, -0.2) is 11.8 Å². The molecule has 0 saturated heterocycles. The summed E-state index contributed by atoms with van der Waals surface area (Å²) < 4.78 is 41.9. The summed E-state index contributed by atoms with van der Waals surface area (Å²) in [6.07, 6.45) is -5.13. The molecule has 2 nitrogen and oxygen atoms in total. The topological polar surface area (TPSA) is 35.2 Å².